The lowest BCUT2D eigenvalue weighted by Gasteiger charge is -2.14. The lowest BCUT2D eigenvalue weighted by Crippen LogP contribution is -1.99. The van der Waals surface area contributed by atoms with Gasteiger partial charge in [-0.3, -0.25) is 4.98 Å². The number of aryl methyl sites for hydroxylation is 4. The second-order valence-electron chi connectivity index (χ2n) is 8.80. The standard InChI is InChI=1S/C30H25BrN4/c1-18-13-19(2)15-24(14-18)25-7-5-6-8-26(25)27-11-9-22(16-28(27)31)29-12-10-23(17-32-29)30-34-20(3)33-21(4)35-30/h5-17H,1-4H3. The van der Waals surface area contributed by atoms with E-state index in [1.165, 1.54) is 27.8 Å². The van der Waals surface area contributed by atoms with Gasteiger partial charge in [-0.05, 0) is 68.1 Å². The van der Waals surface area contributed by atoms with E-state index in [0.29, 0.717) is 17.5 Å². The highest BCUT2D eigenvalue weighted by Crippen LogP contribution is 2.38. The average Bonchev–Trinajstić information content (AvgIpc) is 2.83. The van der Waals surface area contributed by atoms with Gasteiger partial charge in [-0.15, -0.1) is 0 Å². The molecule has 5 rings (SSSR count). The van der Waals surface area contributed by atoms with Crippen LogP contribution < -0.4 is 0 Å². The molecule has 5 heteroatoms. The van der Waals surface area contributed by atoms with Crippen LogP contribution >= 0.6 is 15.9 Å². The lowest BCUT2D eigenvalue weighted by molar-refractivity contribution is 0.927. The van der Waals surface area contributed by atoms with Crippen molar-refractivity contribution in [2.45, 2.75) is 27.7 Å². The summed E-state index contributed by atoms with van der Waals surface area (Å²) in [5, 5.41) is 0. The fourth-order valence-electron chi connectivity index (χ4n) is 4.43. The second-order valence-corrected chi connectivity index (χ2v) is 9.66. The average molecular weight is 521 g/mol. The van der Waals surface area contributed by atoms with Crippen LogP contribution in [0.15, 0.2) is 83.5 Å². The number of nitrogens with zero attached hydrogens (tertiary/aromatic N) is 4. The van der Waals surface area contributed by atoms with Crippen LogP contribution in [0.25, 0.3) is 44.9 Å². The summed E-state index contributed by atoms with van der Waals surface area (Å²) in [5.74, 6) is 2.06. The van der Waals surface area contributed by atoms with Gasteiger partial charge in [-0.25, -0.2) is 15.0 Å². The van der Waals surface area contributed by atoms with Crippen molar-refractivity contribution in [1.82, 2.24) is 19.9 Å². The first-order valence-electron chi connectivity index (χ1n) is 11.5. The maximum Gasteiger partial charge on any atom is 0.164 e. The monoisotopic (exact) mass is 520 g/mol. The molecule has 5 aromatic rings. The highest BCUT2D eigenvalue weighted by Gasteiger charge is 2.13. The van der Waals surface area contributed by atoms with E-state index < -0.39 is 0 Å². The number of hydrogen-bond donors (Lipinski definition) is 0. The molecule has 0 spiro atoms. The third-order valence-corrected chi connectivity index (χ3v) is 6.55. The first-order chi connectivity index (χ1) is 16.9. The molecule has 0 fully saturated rings. The molecule has 2 aromatic heterocycles. The van der Waals surface area contributed by atoms with Crippen molar-refractivity contribution in [1.29, 1.82) is 0 Å². The van der Waals surface area contributed by atoms with Crippen LogP contribution in [0.3, 0.4) is 0 Å². The molecule has 0 unspecified atom stereocenters. The number of aromatic nitrogens is 4. The van der Waals surface area contributed by atoms with Gasteiger partial charge < -0.3 is 0 Å². The van der Waals surface area contributed by atoms with E-state index in [4.69, 9.17) is 4.98 Å². The Bertz CT molecular complexity index is 1500. The molecule has 2 heterocycles. The Morgan fingerprint density at radius 2 is 1.23 bits per heavy atom. The lowest BCUT2D eigenvalue weighted by atomic mass is 9.92. The summed E-state index contributed by atoms with van der Waals surface area (Å²) in [6.07, 6.45) is 1.82. The van der Waals surface area contributed by atoms with E-state index >= 15 is 0 Å². The van der Waals surface area contributed by atoms with Gasteiger partial charge in [0.05, 0.1) is 5.69 Å². The van der Waals surface area contributed by atoms with Crippen molar-refractivity contribution in [2.75, 3.05) is 0 Å². The van der Waals surface area contributed by atoms with Crippen molar-refractivity contribution < 1.29 is 0 Å². The van der Waals surface area contributed by atoms with Gasteiger partial charge in [0.25, 0.3) is 0 Å². The summed E-state index contributed by atoms with van der Waals surface area (Å²) in [7, 11) is 0. The molecular weight excluding hydrogens is 496 g/mol. The van der Waals surface area contributed by atoms with Crippen LogP contribution in [0.4, 0.5) is 0 Å². The molecule has 4 nitrogen and oxygen atoms in total. The van der Waals surface area contributed by atoms with Crippen molar-refractivity contribution >= 4 is 15.9 Å². The summed E-state index contributed by atoms with van der Waals surface area (Å²) < 4.78 is 1.03. The van der Waals surface area contributed by atoms with Gasteiger partial charge in [-0.1, -0.05) is 81.7 Å². The Hall–Kier alpha value is -3.70. The molecule has 0 saturated carbocycles. The van der Waals surface area contributed by atoms with Gasteiger partial charge in [0.2, 0.25) is 0 Å². The van der Waals surface area contributed by atoms with E-state index in [2.05, 4.69) is 105 Å². The van der Waals surface area contributed by atoms with E-state index in [9.17, 15) is 0 Å². The van der Waals surface area contributed by atoms with Gasteiger partial charge in [-0.2, -0.15) is 0 Å². The van der Waals surface area contributed by atoms with E-state index in [-0.39, 0.29) is 0 Å². The second kappa shape index (κ2) is 9.51. The van der Waals surface area contributed by atoms with Crippen LogP contribution in [-0.4, -0.2) is 19.9 Å². The smallest absolute Gasteiger partial charge is 0.164 e. The highest BCUT2D eigenvalue weighted by molar-refractivity contribution is 9.10. The molecule has 0 aliphatic carbocycles. The minimum Gasteiger partial charge on any atom is -0.255 e. The van der Waals surface area contributed by atoms with Gasteiger partial charge in [0.15, 0.2) is 5.82 Å². The molecule has 0 aliphatic heterocycles. The van der Waals surface area contributed by atoms with Crippen molar-refractivity contribution in [3.63, 3.8) is 0 Å². The number of pyridine rings is 1. The summed E-state index contributed by atoms with van der Waals surface area (Å²) in [5.41, 5.74) is 10.1. The Kier molecular flexibility index (Phi) is 6.27. The zero-order valence-electron chi connectivity index (χ0n) is 20.2. The molecule has 35 heavy (non-hydrogen) atoms. The Morgan fingerprint density at radius 3 is 1.86 bits per heavy atom. The minimum atomic E-state index is 0.647. The molecule has 0 saturated heterocycles. The highest BCUT2D eigenvalue weighted by atomic mass is 79.9. The summed E-state index contributed by atoms with van der Waals surface area (Å²) in [6.45, 7) is 8.03. The normalized spacial score (nSPS) is 11.0. The van der Waals surface area contributed by atoms with Gasteiger partial charge >= 0.3 is 0 Å². The van der Waals surface area contributed by atoms with E-state index in [0.717, 1.165) is 26.9 Å². The zero-order chi connectivity index (χ0) is 24.5. The molecule has 0 bridgehead atoms. The van der Waals surface area contributed by atoms with Crippen LogP contribution in [0.1, 0.15) is 22.8 Å². The molecule has 0 aliphatic rings. The maximum atomic E-state index is 4.69. The van der Waals surface area contributed by atoms with Crippen LogP contribution in [-0.2, 0) is 0 Å². The predicted molar refractivity (Wildman–Crippen MR) is 146 cm³/mol. The Labute approximate surface area is 214 Å². The van der Waals surface area contributed by atoms with Crippen molar-refractivity contribution in [3.8, 4) is 44.9 Å². The molecule has 172 valence electrons. The number of rotatable bonds is 4. The molecule has 0 N–H and O–H groups in total. The third kappa shape index (κ3) is 4.91. The van der Waals surface area contributed by atoms with E-state index in [1.807, 2.05) is 32.2 Å². The quantitative estimate of drug-likeness (QED) is 0.241. The molecule has 0 atom stereocenters. The summed E-state index contributed by atoms with van der Waals surface area (Å²) in [4.78, 5) is 17.8. The molecule has 3 aromatic carbocycles. The van der Waals surface area contributed by atoms with E-state index in [1.54, 1.807) is 0 Å². The molecule has 0 amide bonds. The van der Waals surface area contributed by atoms with Crippen molar-refractivity contribution in [3.05, 3.63) is 106 Å². The van der Waals surface area contributed by atoms with Crippen molar-refractivity contribution in [2.24, 2.45) is 0 Å². The SMILES string of the molecule is Cc1cc(C)cc(-c2ccccc2-c2ccc(-c3ccc(-c4nc(C)nc(C)n4)cn3)cc2Br)c1. The first-order valence-corrected chi connectivity index (χ1v) is 12.3. The Balaban J connectivity index is 1.49. The predicted octanol–water partition coefficient (Wildman–Crippen LogP) is 7.93. The minimum absolute atomic E-state index is 0.647. The Morgan fingerprint density at radius 1 is 0.571 bits per heavy atom. The number of benzene rings is 3. The topological polar surface area (TPSA) is 51.6 Å². The van der Waals surface area contributed by atoms with Crippen LogP contribution in [0.5, 0.6) is 0 Å². The van der Waals surface area contributed by atoms with Gasteiger partial charge in [0, 0.05) is 21.8 Å². The molecular formula is C30H25BrN4. The largest absolute Gasteiger partial charge is 0.255 e. The van der Waals surface area contributed by atoms with Crippen LogP contribution in [0, 0.1) is 27.7 Å². The van der Waals surface area contributed by atoms with Crippen LogP contribution in [0.2, 0.25) is 0 Å². The number of halogens is 1. The first kappa shape index (κ1) is 23.1. The summed E-state index contributed by atoms with van der Waals surface area (Å²) in [6, 6.07) is 25.7. The van der Waals surface area contributed by atoms with Gasteiger partial charge in [0.1, 0.15) is 11.6 Å². The molecule has 0 radical (unpaired) electrons. The summed E-state index contributed by atoms with van der Waals surface area (Å²) >= 11 is 3.83. The zero-order valence-corrected chi connectivity index (χ0v) is 21.8. The maximum absolute atomic E-state index is 4.69. The fourth-order valence-corrected chi connectivity index (χ4v) is 5.03. The number of hydrogen-bond acceptors (Lipinski definition) is 4. The third-order valence-electron chi connectivity index (χ3n) is 5.90. The fraction of sp³-hybridized carbons (Fsp3) is 0.133.